The zero-order valence-corrected chi connectivity index (χ0v) is 12.4. The zero-order valence-electron chi connectivity index (χ0n) is 12.4. The summed E-state index contributed by atoms with van der Waals surface area (Å²) in [7, 11) is 0. The Bertz CT molecular complexity index is 661. The molecule has 0 aromatic heterocycles. The van der Waals surface area contributed by atoms with Crippen LogP contribution in [0.2, 0.25) is 0 Å². The van der Waals surface area contributed by atoms with Gasteiger partial charge in [-0.15, -0.1) is 0 Å². The number of benzene rings is 2. The van der Waals surface area contributed by atoms with Gasteiger partial charge in [0.25, 0.3) is 5.69 Å². The predicted molar refractivity (Wildman–Crippen MR) is 84.7 cm³/mol. The summed E-state index contributed by atoms with van der Waals surface area (Å²) in [6.07, 6.45) is 0. The maximum absolute atomic E-state index is 11.6. The Morgan fingerprint density at radius 1 is 1.04 bits per heavy atom. The predicted octanol–water partition coefficient (Wildman–Crippen LogP) is 2.05. The van der Waals surface area contributed by atoms with E-state index >= 15 is 0 Å². The molecule has 0 aliphatic heterocycles. The minimum absolute atomic E-state index is 0.0865. The van der Waals surface area contributed by atoms with Gasteiger partial charge in [0.15, 0.2) is 0 Å². The van der Waals surface area contributed by atoms with Gasteiger partial charge in [-0.25, -0.2) is 4.79 Å². The fourth-order valence-corrected chi connectivity index (χ4v) is 1.95. The molecule has 2 aromatic carbocycles. The molecule has 0 saturated carbocycles. The summed E-state index contributed by atoms with van der Waals surface area (Å²) in [4.78, 5) is 27.0. The number of nitro benzene ring substituents is 1. The number of carbonyl (C=O) groups excluding carboxylic acids is 1. The number of para-hydroxylation sites is 1. The molecule has 0 fully saturated rings. The molecule has 7 nitrogen and oxygen atoms in total. The first kappa shape index (κ1) is 16.6. The molecule has 0 heterocycles. The fraction of sp³-hybridized carbons (Fsp3) is 0.188. The highest BCUT2D eigenvalue weighted by atomic mass is 16.7. The van der Waals surface area contributed by atoms with Crippen LogP contribution in [0.4, 0.5) is 5.69 Å². The van der Waals surface area contributed by atoms with Gasteiger partial charge < -0.3 is 10.2 Å². The Labute approximate surface area is 133 Å². The molecule has 0 aliphatic carbocycles. The van der Waals surface area contributed by atoms with Gasteiger partial charge in [0, 0.05) is 31.3 Å². The standard InChI is InChI=1S/C16H17N3O4/c20-16(13-6-2-1-3-7-13)23-18-11-10-17-12-14-8-4-5-9-15(14)19(21)22/h1-9,17-18H,10-12H2. The molecule has 23 heavy (non-hydrogen) atoms. The summed E-state index contributed by atoms with van der Waals surface area (Å²) in [5.41, 5.74) is 3.72. The Kier molecular flexibility index (Phi) is 6.22. The molecule has 0 radical (unpaired) electrons. The normalized spacial score (nSPS) is 10.3. The summed E-state index contributed by atoms with van der Waals surface area (Å²) < 4.78 is 0. The third-order valence-electron chi connectivity index (χ3n) is 3.08. The number of nitrogens with one attached hydrogen (secondary N) is 2. The third kappa shape index (κ3) is 5.17. The Hall–Kier alpha value is -2.77. The van der Waals surface area contributed by atoms with Gasteiger partial charge in [0.05, 0.1) is 10.5 Å². The number of hydrogen-bond donors (Lipinski definition) is 2. The van der Waals surface area contributed by atoms with E-state index in [1.54, 1.807) is 42.5 Å². The molecule has 0 bridgehead atoms. The molecule has 0 unspecified atom stereocenters. The van der Waals surface area contributed by atoms with Crippen molar-refractivity contribution in [3.8, 4) is 0 Å². The molecule has 120 valence electrons. The quantitative estimate of drug-likeness (QED) is 0.440. The van der Waals surface area contributed by atoms with Gasteiger partial charge in [0.2, 0.25) is 0 Å². The van der Waals surface area contributed by atoms with E-state index in [9.17, 15) is 14.9 Å². The second-order valence-electron chi connectivity index (χ2n) is 4.71. The van der Waals surface area contributed by atoms with Crippen LogP contribution in [-0.4, -0.2) is 24.0 Å². The van der Waals surface area contributed by atoms with E-state index < -0.39 is 10.9 Å². The average Bonchev–Trinajstić information content (AvgIpc) is 2.58. The second-order valence-corrected chi connectivity index (χ2v) is 4.71. The van der Waals surface area contributed by atoms with Gasteiger partial charge in [-0.1, -0.05) is 36.4 Å². The van der Waals surface area contributed by atoms with E-state index in [-0.39, 0.29) is 5.69 Å². The van der Waals surface area contributed by atoms with Crippen LogP contribution in [0, 0.1) is 10.1 Å². The fourth-order valence-electron chi connectivity index (χ4n) is 1.95. The van der Waals surface area contributed by atoms with Crippen molar-refractivity contribution < 1.29 is 14.6 Å². The molecule has 0 saturated heterocycles. The Morgan fingerprint density at radius 2 is 1.74 bits per heavy atom. The van der Waals surface area contributed by atoms with Crippen LogP contribution in [0.25, 0.3) is 0 Å². The zero-order chi connectivity index (χ0) is 16.5. The number of nitrogens with zero attached hydrogens (tertiary/aromatic N) is 1. The van der Waals surface area contributed by atoms with Gasteiger partial charge in [-0.05, 0) is 12.1 Å². The summed E-state index contributed by atoms with van der Waals surface area (Å²) in [6, 6.07) is 15.2. The van der Waals surface area contributed by atoms with E-state index in [4.69, 9.17) is 4.84 Å². The maximum atomic E-state index is 11.6. The van der Waals surface area contributed by atoms with E-state index in [2.05, 4.69) is 10.8 Å². The van der Waals surface area contributed by atoms with Gasteiger partial charge in [0.1, 0.15) is 0 Å². The summed E-state index contributed by atoms with van der Waals surface area (Å²) in [5, 5.41) is 13.9. The number of carbonyl (C=O) groups is 1. The maximum Gasteiger partial charge on any atom is 0.356 e. The highest BCUT2D eigenvalue weighted by molar-refractivity contribution is 5.89. The van der Waals surface area contributed by atoms with Crippen molar-refractivity contribution in [1.29, 1.82) is 0 Å². The Balaban J connectivity index is 1.67. The first-order chi connectivity index (χ1) is 11.2. The first-order valence-electron chi connectivity index (χ1n) is 7.10. The summed E-state index contributed by atoms with van der Waals surface area (Å²) in [5.74, 6) is -0.454. The molecule has 0 atom stereocenters. The molecule has 2 aromatic rings. The lowest BCUT2D eigenvalue weighted by molar-refractivity contribution is -0.385. The third-order valence-corrected chi connectivity index (χ3v) is 3.08. The van der Waals surface area contributed by atoms with E-state index in [1.165, 1.54) is 6.07 Å². The molecule has 0 aliphatic rings. The largest absolute Gasteiger partial charge is 0.367 e. The average molecular weight is 315 g/mol. The molecule has 7 heteroatoms. The van der Waals surface area contributed by atoms with E-state index in [0.717, 1.165) is 0 Å². The van der Waals surface area contributed by atoms with Crippen LogP contribution in [-0.2, 0) is 11.4 Å². The molecule has 0 amide bonds. The number of hydroxylamine groups is 1. The smallest absolute Gasteiger partial charge is 0.356 e. The highest BCUT2D eigenvalue weighted by Crippen LogP contribution is 2.16. The van der Waals surface area contributed by atoms with Crippen molar-refractivity contribution in [2.45, 2.75) is 6.54 Å². The van der Waals surface area contributed by atoms with Crippen molar-refractivity contribution in [3.63, 3.8) is 0 Å². The molecular weight excluding hydrogens is 298 g/mol. The van der Waals surface area contributed by atoms with Crippen LogP contribution in [0.1, 0.15) is 15.9 Å². The van der Waals surface area contributed by atoms with Crippen molar-refractivity contribution in [2.75, 3.05) is 13.1 Å². The van der Waals surface area contributed by atoms with Crippen LogP contribution < -0.4 is 10.8 Å². The van der Waals surface area contributed by atoms with Crippen LogP contribution in [0.5, 0.6) is 0 Å². The van der Waals surface area contributed by atoms with Crippen molar-refractivity contribution in [1.82, 2.24) is 10.8 Å². The number of nitro groups is 1. The lowest BCUT2D eigenvalue weighted by Crippen LogP contribution is -2.29. The molecule has 0 spiro atoms. The van der Waals surface area contributed by atoms with Crippen LogP contribution >= 0.6 is 0 Å². The summed E-state index contributed by atoms with van der Waals surface area (Å²) in [6.45, 7) is 1.25. The van der Waals surface area contributed by atoms with Gasteiger partial charge in [-0.2, -0.15) is 5.48 Å². The van der Waals surface area contributed by atoms with Crippen LogP contribution in [0.3, 0.4) is 0 Å². The number of hydrogen-bond acceptors (Lipinski definition) is 6. The van der Waals surface area contributed by atoms with Crippen molar-refractivity contribution >= 4 is 11.7 Å². The minimum atomic E-state index is -0.454. The van der Waals surface area contributed by atoms with E-state index in [0.29, 0.717) is 30.8 Å². The highest BCUT2D eigenvalue weighted by Gasteiger charge is 2.11. The molecular formula is C16H17N3O4. The van der Waals surface area contributed by atoms with Crippen LogP contribution in [0.15, 0.2) is 54.6 Å². The summed E-state index contributed by atoms with van der Waals surface area (Å²) >= 11 is 0. The minimum Gasteiger partial charge on any atom is -0.367 e. The SMILES string of the molecule is O=C(ONCCNCc1ccccc1[N+](=O)[O-])c1ccccc1. The van der Waals surface area contributed by atoms with E-state index in [1.807, 2.05) is 6.07 Å². The first-order valence-corrected chi connectivity index (χ1v) is 7.10. The molecule has 2 N–H and O–H groups in total. The topological polar surface area (TPSA) is 93.5 Å². The molecule has 2 rings (SSSR count). The lowest BCUT2D eigenvalue weighted by atomic mass is 10.2. The Morgan fingerprint density at radius 3 is 2.48 bits per heavy atom. The van der Waals surface area contributed by atoms with Gasteiger partial charge >= 0.3 is 5.97 Å². The van der Waals surface area contributed by atoms with Crippen molar-refractivity contribution in [3.05, 3.63) is 75.8 Å². The number of rotatable bonds is 8. The van der Waals surface area contributed by atoms with Gasteiger partial charge in [-0.3, -0.25) is 10.1 Å². The second kappa shape index (κ2) is 8.62. The lowest BCUT2D eigenvalue weighted by Gasteiger charge is -2.07. The monoisotopic (exact) mass is 315 g/mol. The van der Waals surface area contributed by atoms with Crippen molar-refractivity contribution in [2.24, 2.45) is 0 Å².